The lowest BCUT2D eigenvalue weighted by Crippen LogP contribution is -2.61. The average Bonchev–Trinajstić information content (AvgIpc) is 2.98. The molecular formula is C33H41N5O4. The predicted molar refractivity (Wildman–Crippen MR) is 162 cm³/mol. The second-order valence-corrected chi connectivity index (χ2v) is 12.0. The van der Waals surface area contributed by atoms with E-state index in [9.17, 15) is 14.4 Å². The van der Waals surface area contributed by atoms with Crippen LogP contribution in [0.4, 0.5) is 0 Å². The van der Waals surface area contributed by atoms with Gasteiger partial charge in [0.25, 0.3) is 5.91 Å². The topological polar surface area (TPSA) is 113 Å². The number of esters is 1. The van der Waals surface area contributed by atoms with Gasteiger partial charge in [-0.2, -0.15) is 0 Å². The van der Waals surface area contributed by atoms with Crippen LogP contribution in [-0.4, -0.2) is 58.5 Å². The molecule has 222 valence electrons. The Morgan fingerprint density at radius 2 is 1.81 bits per heavy atom. The maximum atomic E-state index is 13.3. The Hall–Kier alpha value is -3.82. The third-order valence-corrected chi connectivity index (χ3v) is 8.15. The molecule has 0 saturated carbocycles. The summed E-state index contributed by atoms with van der Waals surface area (Å²) in [5.41, 5.74) is 6.92. The molecule has 0 aliphatic carbocycles. The number of hydrazine groups is 1. The summed E-state index contributed by atoms with van der Waals surface area (Å²) >= 11 is 0. The molecule has 5 atom stereocenters. The Bertz CT molecular complexity index is 1470. The number of cyclic esters (lactones) is 1. The van der Waals surface area contributed by atoms with Crippen molar-refractivity contribution in [3.05, 3.63) is 65.9 Å². The maximum absolute atomic E-state index is 13.3. The minimum Gasteiger partial charge on any atom is -0.457 e. The number of hydrogen-bond acceptors (Lipinski definition) is 7. The molecule has 2 aliphatic heterocycles. The van der Waals surface area contributed by atoms with Crippen LogP contribution < -0.4 is 16.1 Å². The lowest BCUT2D eigenvalue weighted by atomic mass is 9.98. The lowest BCUT2D eigenvalue weighted by molar-refractivity contribution is -0.157. The summed E-state index contributed by atoms with van der Waals surface area (Å²) in [7, 11) is 0. The van der Waals surface area contributed by atoms with E-state index in [1.165, 1.54) is 5.01 Å². The molecule has 2 aromatic carbocycles. The molecule has 3 aromatic rings. The fourth-order valence-corrected chi connectivity index (χ4v) is 5.76. The van der Waals surface area contributed by atoms with E-state index in [1.807, 2.05) is 57.3 Å². The molecular weight excluding hydrogens is 530 g/mol. The van der Waals surface area contributed by atoms with Crippen LogP contribution in [0.5, 0.6) is 0 Å². The van der Waals surface area contributed by atoms with Gasteiger partial charge in [-0.15, -0.1) is 0 Å². The van der Waals surface area contributed by atoms with Gasteiger partial charge in [-0.3, -0.25) is 24.4 Å². The van der Waals surface area contributed by atoms with Gasteiger partial charge < -0.3 is 15.4 Å². The normalized spacial score (nSPS) is 26.1. The summed E-state index contributed by atoms with van der Waals surface area (Å²) in [6.07, 6.45) is 3.31. The van der Waals surface area contributed by atoms with Gasteiger partial charge in [-0.1, -0.05) is 44.2 Å². The largest absolute Gasteiger partial charge is 0.457 e. The van der Waals surface area contributed by atoms with E-state index in [2.05, 4.69) is 41.2 Å². The first-order chi connectivity index (χ1) is 20.1. The smallest absolute Gasteiger partial charge is 0.325 e. The molecule has 1 aromatic heterocycles. The van der Waals surface area contributed by atoms with Gasteiger partial charge in [-0.05, 0) is 80.7 Å². The zero-order valence-corrected chi connectivity index (χ0v) is 25.0. The van der Waals surface area contributed by atoms with Crippen LogP contribution in [0.15, 0.2) is 54.7 Å². The Kier molecular flexibility index (Phi) is 8.89. The first kappa shape index (κ1) is 29.7. The summed E-state index contributed by atoms with van der Waals surface area (Å²) < 4.78 is 5.87. The second-order valence-electron chi connectivity index (χ2n) is 12.0. The van der Waals surface area contributed by atoms with Crippen molar-refractivity contribution in [3.8, 4) is 11.3 Å². The Morgan fingerprint density at radius 3 is 2.60 bits per heavy atom. The number of pyridine rings is 1. The lowest BCUT2D eigenvalue weighted by Gasteiger charge is -2.35. The van der Waals surface area contributed by atoms with Crippen LogP contribution in [0.25, 0.3) is 22.0 Å². The monoisotopic (exact) mass is 571 g/mol. The van der Waals surface area contributed by atoms with Crippen molar-refractivity contribution in [2.75, 3.05) is 6.54 Å². The molecule has 3 N–H and O–H groups in total. The van der Waals surface area contributed by atoms with Crippen LogP contribution in [0.2, 0.25) is 0 Å². The number of ether oxygens (including phenoxy) is 1. The first-order valence-corrected chi connectivity index (χ1v) is 14.9. The van der Waals surface area contributed by atoms with Crippen molar-refractivity contribution in [1.29, 1.82) is 0 Å². The van der Waals surface area contributed by atoms with Gasteiger partial charge in [0.05, 0.1) is 11.7 Å². The standard InChI is InChI=1S/C33H41N5O4/c1-19(2)30-31(39)36-21(4)32(40)38-13-7-10-28(37-38)33(41)42-22(5)24-11-12-26-18-34-29(17-27(26)16-24)25-9-6-8-23(15-25)14-20(3)35-30/h6,8-9,11-12,15-22,28,30,35,37H,7,10,13-14H2,1-5H3,(H,36,39)/t20?,21-,22+,28-,30-/m0/s1. The van der Waals surface area contributed by atoms with Crippen molar-refractivity contribution in [1.82, 2.24) is 26.1 Å². The number of nitrogens with one attached hydrogen (secondary N) is 3. The summed E-state index contributed by atoms with van der Waals surface area (Å²) in [6.45, 7) is 10.0. The first-order valence-electron chi connectivity index (χ1n) is 14.9. The zero-order chi connectivity index (χ0) is 30.0. The number of fused-ring (bicyclic) bond motifs is 7. The van der Waals surface area contributed by atoms with Crippen LogP contribution in [0.3, 0.4) is 0 Å². The Balaban J connectivity index is 1.49. The quantitative estimate of drug-likeness (QED) is 0.378. The van der Waals surface area contributed by atoms with Gasteiger partial charge in [0, 0.05) is 29.7 Å². The summed E-state index contributed by atoms with van der Waals surface area (Å²) in [5, 5.41) is 9.83. The highest BCUT2D eigenvalue weighted by atomic mass is 16.5. The van der Waals surface area contributed by atoms with E-state index >= 15 is 0 Å². The maximum Gasteiger partial charge on any atom is 0.325 e. The van der Waals surface area contributed by atoms with Gasteiger partial charge >= 0.3 is 5.97 Å². The molecule has 1 saturated heterocycles. The fraction of sp³-hybridized carbons (Fsp3) is 0.455. The number of aromatic nitrogens is 1. The molecule has 9 heteroatoms. The third kappa shape index (κ3) is 6.63. The van der Waals surface area contributed by atoms with Gasteiger partial charge in [-0.25, -0.2) is 5.43 Å². The predicted octanol–water partition coefficient (Wildman–Crippen LogP) is 4.07. The Morgan fingerprint density at radius 1 is 1.00 bits per heavy atom. The van der Waals surface area contributed by atoms with Crippen LogP contribution in [-0.2, 0) is 25.5 Å². The summed E-state index contributed by atoms with van der Waals surface area (Å²) in [5.74, 6) is -0.923. The highest BCUT2D eigenvalue weighted by Crippen LogP contribution is 2.27. The van der Waals surface area contributed by atoms with Crippen LogP contribution >= 0.6 is 0 Å². The van der Waals surface area contributed by atoms with E-state index in [1.54, 1.807) is 6.92 Å². The van der Waals surface area contributed by atoms with E-state index in [0.29, 0.717) is 19.4 Å². The summed E-state index contributed by atoms with van der Waals surface area (Å²) in [4.78, 5) is 44.5. The molecule has 1 unspecified atom stereocenters. The number of amides is 2. The van der Waals surface area contributed by atoms with E-state index in [-0.39, 0.29) is 23.8 Å². The SMILES string of the molecule is CC1Cc2cccc(c2)-c2cc3cc(ccc3cn2)[C@@H](C)OC(=O)[C@@H]2CCCN(N2)C(=O)[C@H](C)NC(=O)[C@H](C(C)C)N1. The number of nitrogens with zero attached hydrogens (tertiary/aromatic N) is 2. The van der Waals surface area contributed by atoms with Gasteiger partial charge in [0.15, 0.2) is 0 Å². The molecule has 42 heavy (non-hydrogen) atoms. The molecule has 7 bridgehead atoms. The molecule has 3 heterocycles. The minimum atomic E-state index is -0.764. The van der Waals surface area contributed by atoms with Gasteiger partial charge in [0.1, 0.15) is 18.2 Å². The van der Waals surface area contributed by atoms with E-state index in [4.69, 9.17) is 9.72 Å². The highest BCUT2D eigenvalue weighted by Gasteiger charge is 2.33. The molecule has 1 fully saturated rings. The number of carbonyl (C=O) groups is 3. The number of carbonyl (C=O) groups excluding carboxylic acids is 3. The van der Waals surface area contributed by atoms with Crippen molar-refractivity contribution in [3.63, 3.8) is 0 Å². The van der Waals surface area contributed by atoms with Crippen molar-refractivity contribution in [2.45, 2.75) is 84.2 Å². The number of rotatable bonds is 1. The average molecular weight is 572 g/mol. The number of hydrogen-bond donors (Lipinski definition) is 3. The molecule has 0 spiro atoms. The van der Waals surface area contributed by atoms with Crippen molar-refractivity contribution >= 4 is 28.6 Å². The molecule has 5 rings (SSSR count). The third-order valence-electron chi connectivity index (χ3n) is 8.15. The Labute approximate surface area is 247 Å². The van der Waals surface area contributed by atoms with Crippen molar-refractivity contribution < 1.29 is 19.1 Å². The minimum absolute atomic E-state index is 0.00593. The molecule has 2 amide bonds. The molecule has 9 nitrogen and oxygen atoms in total. The second kappa shape index (κ2) is 12.6. The van der Waals surface area contributed by atoms with E-state index in [0.717, 1.165) is 39.6 Å². The molecule has 0 radical (unpaired) electrons. The fourth-order valence-electron chi connectivity index (χ4n) is 5.76. The molecule has 2 aliphatic rings. The van der Waals surface area contributed by atoms with Gasteiger partial charge in [0.2, 0.25) is 5.91 Å². The summed E-state index contributed by atoms with van der Waals surface area (Å²) in [6, 6.07) is 14.5. The van der Waals surface area contributed by atoms with Crippen LogP contribution in [0.1, 0.15) is 64.7 Å². The van der Waals surface area contributed by atoms with Crippen molar-refractivity contribution in [2.24, 2.45) is 5.92 Å². The highest BCUT2D eigenvalue weighted by molar-refractivity contribution is 5.90. The van der Waals surface area contributed by atoms with Crippen LogP contribution in [0, 0.1) is 5.92 Å². The number of benzene rings is 2. The van der Waals surface area contributed by atoms with E-state index < -0.39 is 30.2 Å². The zero-order valence-electron chi connectivity index (χ0n) is 25.0.